The smallest absolute Gasteiger partial charge is 0.164 e. The number of nitrogens with zero attached hydrogens (tertiary/aromatic N) is 3. The zero-order valence-electron chi connectivity index (χ0n) is 30.1. The van der Waals surface area contributed by atoms with E-state index in [0.717, 1.165) is 60.9 Å². The Morgan fingerprint density at radius 1 is 0.321 bits per heavy atom. The van der Waals surface area contributed by atoms with Crippen molar-refractivity contribution in [3.05, 3.63) is 188 Å². The summed E-state index contributed by atoms with van der Waals surface area (Å²) in [5.41, 5.74) is 11.5. The van der Waals surface area contributed by atoms with Crippen LogP contribution in [0.25, 0.3) is 110 Å². The Labute approximate surface area is 327 Å². The van der Waals surface area contributed by atoms with E-state index in [4.69, 9.17) is 19.4 Å². The summed E-state index contributed by atoms with van der Waals surface area (Å²) in [5.74, 6) is 1.93. The van der Waals surface area contributed by atoms with Crippen LogP contribution in [0.2, 0.25) is 0 Å². The van der Waals surface area contributed by atoms with Crippen LogP contribution in [0, 0.1) is 0 Å². The summed E-state index contributed by atoms with van der Waals surface area (Å²) in [7, 11) is 0. The molecule has 0 aliphatic carbocycles. The van der Waals surface area contributed by atoms with E-state index in [1.807, 2.05) is 42.5 Å². The molecule has 0 aliphatic rings. The maximum Gasteiger partial charge on any atom is 0.164 e. The Kier molecular flexibility index (Phi) is 7.64. The van der Waals surface area contributed by atoms with Gasteiger partial charge in [0.25, 0.3) is 0 Å². The third kappa shape index (κ3) is 5.56. The molecule has 0 spiro atoms. The van der Waals surface area contributed by atoms with Crippen molar-refractivity contribution in [1.82, 2.24) is 15.0 Å². The summed E-state index contributed by atoms with van der Waals surface area (Å²) in [6.07, 6.45) is 0. The van der Waals surface area contributed by atoms with Gasteiger partial charge in [-0.1, -0.05) is 158 Å². The highest BCUT2D eigenvalue weighted by molar-refractivity contribution is 7.26. The lowest BCUT2D eigenvalue weighted by Gasteiger charge is -2.11. The molecule has 56 heavy (non-hydrogen) atoms. The molecular weight excluding hydrogens is 703 g/mol. The van der Waals surface area contributed by atoms with Gasteiger partial charge in [0.1, 0.15) is 11.2 Å². The van der Waals surface area contributed by atoms with E-state index in [0.29, 0.717) is 17.5 Å². The first-order valence-electron chi connectivity index (χ1n) is 18.7. The van der Waals surface area contributed by atoms with Crippen LogP contribution in [0.5, 0.6) is 0 Å². The number of benzene rings is 8. The molecule has 8 aromatic carbocycles. The molecule has 0 amide bonds. The van der Waals surface area contributed by atoms with Gasteiger partial charge in [0.15, 0.2) is 17.5 Å². The topological polar surface area (TPSA) is 51.8 Å². The van der Waals surface area contributed by atoms with Crippen molar-refractivity contribution in [2.24, 2.45) is 0 Å². The van der Waals surface area contributed by atoms with E-state index >= 15 is 0 Å². The average Bonchev–Trinajstić information content (AvgIpc) is 3.85. The summed E-state index contributed by atoms with van der Waals surface area (Å²) in [6, 6.07) is 65.7. The maximum absolute atomic E-state index is 6.52. The van der Waals surface area contributed by atoms with Crippen molar-refractivity contribution in [1.29, 1.82) is 0 Å². The normalized spacial score (nSPS) is 11.6. The van der Waals surface area contributed by atoms with Gasteiger partial charge in [0, 0.05) is 47.6 Å². The van der Waals surface area contributed by atoms with Crippen LogP contribution in [0.3, 0.4) is 0 Å². The van der Waals surface area contributed by atoms with E-state index in [-0.39, 0.29) is 0 Å². The van der Waals surface area contributed by atoms with Crippen molar-refractivity contribution >= 4 is 53.4 Å². The van der Waals surface area contributed by atoms with Crippen LogP contribution in [-0.2, 0) is 0 Å². The SMILES string of the molecule is c1ccc(-c2ccc(-c3nc(-c4ccccc4)nc(-c4ccc5c(c4)sc4cccc(-c6cc(-c7ccccc7)cc7oc8ccccc8c67)c45)n3)cc2)cc1. The molecule has 0 fully saturated rings. The molecule has 0 atom stereocenters. The fourth-order valence-corrected chi connectivity index (χ4v) is 9.02. The summed E-state index contributed by atoms with van der Waals surface area (Å²) < 4.78 is 8.91. The number of hydrogen-bond acceptors (Lipinski definition) is 5. The molecule has 11 rings (SSSR count). The molecule has 0 radical (unpaired) electrons. The van der Waals surface area contributed by atoms with Gasteiger partial charge in [0.05, 0.1) is 0 Å². The molecule has 0 N–H and O–H groups in total. The van der Waals surface area contributed by atoms with Gasteiger partial charge in [-0.3, -0.25) is 0 Å². The minimum atomic E-state index is 0.641. The first kappa shape index (κ1) is 32.2. The van der Waals surface area contributed by atoms with Crippen LogP contribution in [0.1, 0.15) is 0 Å². The summed E-state index contributed by atoms with van der Waals surface area (Å²) >= 11 is 1.80. The number of thiophene rings is 1. The van der Waals surface area contributed by atoms with Gasteiger partial charge in [-0.15, -0.1) is 11.3 Å². The van der Waals surface area contributed by atoms with Crippen molar-refractivity contribution in [2.75, 3.05) is 0 Å². The van der Waals surface area contributed by atoms with Crippen molar-refractivity contribution < 1.29 is 4.42 Å². The second-order valence-electron chi connectivity index (χ2n) is 14.0. The Balaban J connectivity index is 1.07. The highest BCUT2D eigenvalue weighted by atomic mass is 32.1. The summed E-state index contributed by atoms with van der Waals surface area (Å²) in [4.78, 5) is 15.1. The number of furan rings is 1. The van der Waals surface area contributed by atoms with Gasteiger partial charge < -0.3 is 4.42 Å². The lowest BCUT2D eigenvalue weighted by Crippen LogP contribution is -2.00. The number of fused-ring (bicyclic) bond motifs is 6. The van der Waals surface area contributed by atoms with Crippen LogP contribution >= 0.6 is 11.3 Å². The quantitative estimate of drug-likeness (QED) is 0.171. The third-order valence-electron chi connectivity index (χ3n) is 10.5. The van der Waals surface area contributed by atoms with Gasteiger partial charge >= 0.3 is 0 Å². The van der Waals surface area contributed by atoms with Gasteiger partial charge in [-0.2, -0.15) is 0 Å². The van der Waals surface area contributed by atoms with E-state index in [9.17, 15) is 0 Å². The van der Waals surface area contributed by atoms with Gasteiger partial charge in [-0.05, 0) is 63.7 Å². The number of rotatable bonds is 6. The number of aromatic nitrogens is 3. The first-order chi connectivity index (χ1) is 27.7. The molecule has 3 aromatic heterocycles. The fraction of sp³-hybridized carbons (Fsp3) is 0. The van der Waals surface area contributed by atoms with Crippen molar-refractivity contribution in [2.45, 2.75) is 0 Å². The van der Waals surface area contributed by atoms with Crippen molar-refractivity contribution in [3.8, 4) is 67.5 Å². The van der Waals surface area contributed by atoms with Crippen LogP contribution in [0.4, 0.5) is 0 Å². The summed E-state index contributed by atoms with van der Waals surface area (Å²) in [6.45, 7) is 0. The second-order valence-corrected chi connectivity index (χ2v) is 15.1. The molecule has 0 saturated carbocycles. The molecule has 4 nitrogen and oxygen atoms in total. The molecule has 262 valence electrons. The molecule has 5 heteroatoms. The third-order valence-corrected chi connectivity index (χ3v) is 11.7. The molecule has 11 aromatic rings. The van der Waals surface area contributed by atoms with Crippen molar-refractivity contribution in [3.63, 3.8) is 0 Å². The molecule has 0 aliphatic heterocycles. The summed E-state index contributed by atoms with van der Waals surface area (Å²) in [5, 5.41) is 4.68. The average molecular weight is 734 g/mol. The number of para-hydroxylation sites is 1. The Morgan fingerprint density at radius 3 is 1.59 bits per heavy atom. The van der Waals surface area contributed by atoms with Gasteiger partial charge in [0.2, 0.25) is 0 Å². The molecule has 0 saturated heterocycles. The molecular formula is C51H31N3OS. The molecule has 0 bridgehead atoms. The monoisotopic (exact) mass is 733 g/mol. The van der Waals surface area contributed by atoms with E-state index < -0.39 is 0 Å². The predicted molar refractivity (Wildman–Crippen MR) is 233 cm³/mol. The standard InChI is InChI=1S/C51H31N3OS/c1-4-13-32(14-5-1)34-23-25-36(26-24-34)50-52-49(35-17-8-3-9-18-35)53-51(54-50)37-27-28-41-46(31-37)56-45-22-12-20-39(48(41)45)42-29-38(33-15-6-2-7-16-33)30-44-47(42)40-19-10-11-21-43(40)55-44/h1-31H. The lowest BCUT2D eigenvalue weighted by molar-refractivity contribution is 0.669. The highest BCUT2D eigenvalue weighted by Gasteiger charge is 2.20. The van der Waals surface area contributed by atoms with E-state index in [2.05, 4.69) is 146 Å². The molecule has 3 heterocycles. The zero-order chi connectivity index (χ0) is 37.0. The minimum absolute atomic E-state index is 0.641. The fourth-order valence-electron chi connectivity index (χ4n) is 7.85. The Hall–Kier alpha value is -7.21. The molecule has 0 unspecified atom stereocenters. The number of hydrogen-bond donors (Lipinski definition) is 0. The van der Waals surface area contributed by atoms with Gasteiger partial charge in [-0.25, -0.2) is 15.0 Å². The second kappa shape index (κ2) is 13.3. The minimum Gasteiger partial charge on any atom is -0.456 e. The zero-order valence-corrected chi connectivity index (χ0v) is 30.9. The van der Waals surface area contributed by atoms with Crippen LogP contribution in [-0.4, -0.2) is 15.0 Å². The Morgan fingerprint density at radius 2 is 0.875 bits per heavy atom. The lowest BCUT2D eigenvalue weighted by atomic mass is 9.92. The van der Waals surface area contributed by atoms with Crippen LogP contribution in [0.15, 0.2) is 192 Å². The Bertz CT molecular complexity index is 3230. The van der Waals surface area contributed by atoms with E-state index in [1.165, 1.54) is 31.3 Å². The van der Waals surface area contributed by atoms with Crippen LogP contribution < -0.4 is 0 Å². The van der Waals surface area contributed by atoms with E-state index in [1.54, 1.807) is 11.3 Å². The predicted octanol–water partition coefficient (Wildman–Crippen LogP) is 14.1. The first-order valence-corrected chi connectivity index (χ1v) is 19.5. The largest absolute Gasteiger partial charge is 0.456 e. The maximum atomic E-state index is 6.52. The highest BCUT2D eigenvalue weighted by Crippen LogP contribution is 2.46.